The number of H-pyrrole nitrogens is 2. The van der Waals surface area contributed by atoms with Crippen LogP contribution in [0.4, 0.5) is 5.95 Å². The molecule has 0 fully saturated rings. The van der Waals surface area contributed by atoms with Crippen LogP contribution < -0.4 is 11.3 Å². The van der Waals surface area contributed by atoms with Gasteiger partial charge < -0.3 is 10.7 Å². The molecule has 0 saturated heterocycles. The lowest BCUT2D eigenvalue weighted by molar-refractivity contribution is 1.17. The summed E-state index contributed by atoms with van der Waals surface area (Å²) in [6.07, 6.45) is 0. The number of hydrogen-bond donors (Lipinski definition) is 3. The highest BCUT2D eigenvalue weighted by Crippen LogP contribution is 2.20. The molecule has 0 unspecified atom stereocenters. The first-order valence-corrected chi connectivity index (χ1v) is 5.88. The van der Waals surface area contributed by atoms with E-state index < -0.39 is 0 Å². The normalized spacial score (nSPS) is 11.1. The van der Waals surface area contributed by atoms with E-state index in [2.05, 4.69) is 19.9 Å². The molecule has 96 valence electrons. The third-order valence-corrected chi connectivity index (χ3v) is 3.16. The number of aryl methyl sites for hydroxylation is 2. The van der Waals surface area contributed by atoms with Crippen molar-refractivity contribution >= 4 is 17.1 Å². The van der Waals surface area contributed by atoms with Crippen LogP contribution in [0.1, 0.15) is 11.1 Å². The van der Waals surface area contributed by atoms with Gasteiger partial charge in [-0.05, 0) is 31.0 Å². The zero-order valence-corrected chi connectivity index (χ0v) is 10.6. The van der Waals surface area contributed by atoms with Crippen LogP contribution in [0, 0.1) is 13.8 Å². The number of aromatic nitrogens is 4. The highest BCUT2D eigenvalue weighted by molar-refractivity contribution is 5.75. The minimum atomic E-state index is -0.315. The predicted octanol–water partition coefficient (Wildman–Crippen LogP) is 1.51. The highest BCUT2D eigenvalue weighted by Gasteiger charge is 2.10. The number of fused-ring (bicyclic) bond motifs is 1. The van der Waals surface area contributed by atoms with Crippen LogP contribution in [-0.4, -0.2) is 19.9 Å². The maximum absolute atomic E-state index is 11.7. The number of nitrogens with two attached hydrogens (primary N) is 1. The van der Waals surface area contributed by atoms with Crippen LogP contribution in [0.15, 0.2) is 23.0 Å². The second kappa shape index (κ2) is 3.94. The van der Waals surface area contributed by atoms with Crippen LogP contribution in [0.25, 0.3) is 22.6 Å². The quantitative estimate of drug-likeness (QED) is 0.613. The fraction of sp³-hybridized carbons (Fsp3) is 0.154. The van der Waals surface area contributed by atoms with Gasteiger partial charge in [-0.3, -0.25) is 9.78 Å². The van der Waals surface area contributed by atoms with E-state index in [0.717, 1.165) is 5.56 Å². The first-order chi connectivity index (χ1) is 9.04. The SMILES string of the molecule is Cc1ccc(-c2nc3nc(N)[nH]c(=O)c3[nH]2)cc1C. The zero-order chi connectivity index (χ0) is 13.6. The lowest BCUT2D eigenvalue weighted by atomic mass is 10.1. The molecule has 19 heavy (non-hydrogen) atoms. The van der Waals surface area contributed by atoms with Crippen molar-refractivity contribution in [3.05, 3.63) is 39.7 Å². The number of nitrogen functional groups attached to an aromatic ring is 1. The molecule has 6 nitrogen and oxygen atoms in total. The van der Waals surface area contributed by atoms with E-state index in [1.807, 2.05) is 32.0 Å². The fourth-order valence-electron chi connectivity index (χ4n) is 1.95. The zero-order valence-electron chi connectivity index (χ0n) is 10.6. The van der Waals surface area contributed by atoms with Crippen LogP contribution in [-0.2, 0) is 0 Å². The molecule has 0 aliphatic rings. The second-order valence-corrected chi connectivity index (χ2v) is 4.53. The van der Waals surface area contributed by atoms with Gasteiger partial charge >= 0.3 is 0 Å². The fourth-order valence-corrected chi connectivity index (χ4v) is 1.95. The Labute approximate surface area is 108 Å². The number of hydrogen-bond acceptors (Lipinski definition) is 4. The maximum Gasteiger partial charge on any atom is 0.278 e. The molecule has 2 heterocycles. The monoisotopic (exact) mass is 255 g/mol. The topological polar surface area (TPSA) is 100 Å². The van der Waals surface area contributed by atoms with Gasteiger partial charge in [0.2, 0.25) is 5.95 Å². The summed E-state index contributed by atoms with van der Waals surface area (Å²) in [5.74, 6) is 0.678. The van der Waals surface area contributed by atoms with Crippen LogP contribution in [0.5, 0.6) is 0 Å². The van der Waals surface area contributed by atoms with Gasteiger partial charge in [-0.1, -0.05) is 12.1 Å². The molecule has 0 spiro atoms. The van der Waals surface area contributed by atoms with Crippen molar-refractivity contribution in [2.45, 2.75) is 13.8 Å². The van der Waals surface area contributed by atoms with Gasteiger partial charge in [0.25, 0.3) is 5.56 Å². The summed E-state index contributed by atoms with van der Waals surface area (Å²) < 4.78 is 0. The largest absolute Gasteiger partial charge is 0.369 e. The van der Waals surface area contributed by atoms with E-state index >= 15 is 0 Å². The lowest BCUT2D eigenvalue weighted by Crippen LogP contribution is -2.10. The van der Waals surface area contributed by atoms with Crippen molar-refractivity contribution < 1.29 is 0 Å². The molecule has 0 amide bonds. The first kappa shape index (κ1) is 11.5. The van der Waals surface area contributed by atoms with E-state index in [9.17, 15) is 4.79 Å². The first-order valence-electron chi connectivity index (χ1n) is 5.88. The Morgan fingerprint density at radius 3 is 2.63 bits per heavy atom. The number of rotatable bonds is 1. The maximum atomic E-state index is 11.7. The number of aromatic amines is 2. The average Bonchev–Trinajstić information content (AvgIpc) is 2.76. The molecule has 3 aromatic rings. The molecule has 0 saturated carbocycles. The predicted molar refractivity (Wildman–Crippen MR) is 73.8 cm³/mol. The molecule has 0 bridgehead atoms. The number of anilines is 1. The standard InChI is InChI=1S/C13H13N5O/c1-6-3-4-8(5-7(6)2)10-15-9-11(16-10)17-13(14)18-12(9)19/h3-5H,1-2H3,(H4,14,15,16,17,18,19). The summed E-state index contributed by atoms with van der Waals surface area (Å²) in [5, 5.41) is 0. The van der Waals surface area contributed by atoms with Gasteiger partial charge in [0.1, 0.15) is 5.82 Å². The third kappa shape index (κ3) is 1.87. The Morgan fingerprint density at radius 2 is 1.89 bits per heavy atom. The molecule has 1 aromatic carbocycles. The molecule has 2 aromatic heterocycles. The van der Waals surface area contributed by atoms with E-state index in [0.29, 0.717) is 17.0 Å². The molecule has 4 N–H and O–H groups in total. The van der Waals surface area contributed by atoms with Gasteiger partial charge in [-0.15, -0.1) is 0 Å². The van der Waals surface area contributed by atoms with Crippen molar-refractivity contribution in [2.24, 2.45) is 0 Å². The molecule has 0 atom stereocenters. The van der Waals surface area contributed by atoms with Crippen LogP contribution >= 0.6 is 0 Å². The van der Waals surface area contributed by atoms with Gasteiger partial charge in [0.05, 0.1) is 0 Å². The number of imidazole rings is 1. The number of benzene rings is 1. The molecule has 0 aliphatic heterocycles. The van der Waals surface area contributed by atoms with Gasteiger partial charge in [-0.25, -0.2) is 4.98 Å². The van der Waals surface area contributed by atoms with Gasteiger partial charge in [0.15, 0.2) is 11.2 Å². The minimum Gasteiger partial charge on any atom is -0.369 e. The summed E-state index contributed by atoms with van der Waals surface area (Å²) in [6, 6.07) is 5.99. The van der Waals surface area contributed by atoms with E-state index in [-0.39, 0.29) is 11.5 Å². The Morgan fingerprint density at radius 1 is 1.11 bits per heavy atom. The molecule has 0 aliphatic carbocycles. The molecular formula is C13H13N5O. The smallest absolute Gasteiger partial charge is 0.278 e. The van der Waals surface area contributed by atoms with Gasteiger partial charge in [-0.2, -0.15) is 4.98 Å². The van der Waals surface area contributed by atoms with E-state index in [1.54, 1.807) is 0 Å². The van der Waals surface area contributed by atoms with Crippen LogP contribution in [0.2, 0.25) is 0 Å². The summed E-state index contributed by atoms with van der Waals surface area (Å²) >= 11 is 0. The lowest BCUT2D eigenvalue weighted by Gasteiger charge is -2.01. The summed E-state index contributed by atoms with van der Waals surface area (Å²) in [4.78, 5) is 25.4. The Hall–Kier alpha value is -2.63. The Kier molecular flexibility index (Phi) is 2.38. The molecular weight excluding hydrogens is 242 g/mol. The average molecular weight is 255 g/mol. The minimum absolute atomic E-state index is 0.0654. The third-order valence-electron chi connectivity index (χ3n) is 3.16. The number of nitrogens with zero attached hydrogens (tertiary/aromatic N) is 2. The van der Waals surface area contributed by atoms with Crippen molar-refractivity contribution in [1.29, 1.82) is 0 Å². The number of nitrogens with one attached hydrogen (secondary N) is 2. The van der Waals surface area contributed by atoms with Crippen molar-refractivity contribution in [2.75, 3.05) is 5.73 Å². The Balaban J connectivity index is 2.23. The summed E-state index contributed by atoms with van der Waals surface area (Å²) in [5.41, 5.74) is 9.14. The summed E-state index contributed by atoms with van der Waals surface area (Å²) in [7, 11) is 0. The molecule has 3 rings (SSSR count). The van der Waals surface area contributed by atoms with E-state index in [4.69, 9.17) is 5.73 Å². The Bertz CT molecular complexity index is 831. The van der Waals surface area contributed by atoms with Crippen molar-refractivity contribution in [1.82, 2.24) is 19.9 Å². The second-order valence-electron chi connectivity index (χ2n) is 4.53. The van der Waals surface area contributed by atoms with E-state index in [1.165, 1.54) is 11.1 Å². The molecule has 6 heteroatoms. The van der Waals surface area contributed by atoms with Crippen molar-refractivity contribution in [3.63, 3.8) is 0 Å². The summed E-state index contributed by atoms with van der Waals surface area (Å²) in [6.45, 7) is 4.08. The van der Waals surface area contributed by atoms with Crippen molar-refractivity contribution in [3.8, 4) is 11.4 Å². The van der Waals surface area contributed by atoms with Crippen LogP contribution in [0.3, 0.4) is 0 Å². The van der Waals surface area contributed by atoms with Gasteiger partial charge in [0, 0.05) is 5.56 Å². The molecule has 0 radical (unpaired) electrons. The highest BCUT2D eigenvalue weighted by atomic mass is 16.1.